The lowest BCUT2D eigenvalue weighted by Crippen LogP contribution is -2.18. The number of carbonyl (C=O) groups is 2. The molecule has 8 nitrogen and oxygen atoms in total. The van der Waals surface area contributed by atoms with Crippen molar-refractivity contribution < 1.29 is 9.59 Å². The van der Waals surface area contributed by atoms with Crippen LogP contribution in [0.3, 0.4) is 0 Å². The number of nitrogens with one attached hydrogen (secondary N) is 3. The van der Waals surface area contributed by atoms with Gasteiger partial charge in [-0.25, -0.2) is 0 Å². The van der Waals surface area contributed by atoms with Crippen molar-refractivity contribution in [3.05, 3.63) is 62.9 Å². The van der Waals surface area contributed by atoms with Gasteiger partial charge in [-0.3, -0.25) is 19.4 Å². The Morgan fingerprint density at radius 2 is 1.87 bits per heavy atom. The third-order valence-corrected chi connectivity index (χ3v) is 5.57. The predicted molar refractivity (Wildman–Crippen MR) is 123 cm³/mol. The second-order valence-electron chi connectivity index (χ2n) is 6.79. The largest absolute Gasteiger partial charge is 0.326 e. The maximum atomic E-state index is 12.6. The van der Waals surface area contributed by atoms with Gasteiger partial charge in [-0.05, 0) is 43.7 Å². The molecule has 0 aliphatic rings. The van der Waals surface area contributed by atoms with Crippen LogP contribution in [0.4, 0.5) is 11.4 Å². The van der Waals surface area contributed by atoms with Crippen molar-refractivity contribution in [2.45, 2.75) is 25.9 Å². The Hall–Kier alpha value is -3.17. The van der Waals surface area contributed by atoms with E-state index in [0.29, 0.717) is 22.0 Å². The number of nitrogens with zero attached hydrogens (tertiary/aromatic N) is 2. The molecule has 0 radical (unpaired) electrons. The van der Waals surface area contributed by atoms with Gasteiger partial charge in [0, 0.05) is 23.2 Å². The first-order chi connectivity index (χ1) is 14.7. The number of carbonyl (C=O) groups excluding carboxylic acids is 2. The predicted octanol–water partition coefficient (Wildman–Crippen LogP) is 3.79. The molecule has 0 aliphatic heterocycles. The summed E-state index contributed by atoms with van der Waals surface area (Å²) in [6.45, 7) is 5.07. The van der Waals surface area contributed by atoms with E-state index in [-0.39, 0.29) is 28.4 Å². The molecule has 0 atom stereocenters. The van der Waals surface area contributed by atoms with Crippen LogP contribution in [0.25, 0.3) is 11.3 Å². The number of amides is 2. The van der Waals surface area contributed by atoms with Gasteiger partial charge in [0.15, 0.2) is 10.9 Å². The second-order valence-corrected chi connectivity index (χ2v) is 8.16. The standard InChI is InChI=1S/C21H20ClN5O3S/c1-11-7-8-17(23-13(3)28)14(9-11)19-20(30)25-21(27-26-19)31-10-18(29)24-16-6-4-5-15(22)12(16)2/h4-9H,10H2,1-3H3,(H,23,28)(H,24,29)(H,25,27,30). The molecule has 2 aromatic carbocycles. The highest BCUT2D eigenvalue weighted by atomic mass is 35.5. The third kappa shape index (κ3) is 5.71. The van der Waals surface area contributed by atoms with E-state index < -0.39 is 5.56 Å². The normalized spacial score (nSPS) is 10.6. The summed E-state index contributed by atoms with van der Waals surface area (Å²) in [5, 5.41) is 14.3. The molecule has 0 spiro atoms. The molecule has 0 bridgehead atoms. The number of benzene rings is 2. The highest BCUT2D eigenvalue weighted by Gasteiger charge is 2.15. The average Bonchev–Trinajstić information content (AvgIpc) is 2.71. The quantitative estimate of drug-likeness (QED) is 0.485. The number of aromatic nitrogens is 3. The Labute approximate surface area is 187 Å². The first-order valence-corrected chi connectivity index (χ1v) is 10.6. The van der Waals surface area contributed by atoms with Crippen molar-refractivity contribution in [1.82, 2.24) is 15.2 Å². The van der Waals surface area contributed by atoms with Crippen LogP contribution in [-0.2, 0) is 9.59 Å². The lowest BCUT2D eigenvalue weighted by Gasteiger charge is -2.10. The van der Waals surface area contributed by atoms with Gasteiger partial charge in [0.2, 0.25) is 11.8 Å². The van der Waals surface area contributed by atoms with Crippen LogP contribution in [0.1, 0.15) is 18.1 Å². The number of rotatable bonds is 6. The van der Waals surface area contributed by atoms with Gasteiger partial charge in [0.05, 0.1) is 11.4 Å². The highest BCUT2D eigenvalue weighted by molar-refractivity contribution is 7.99. The first-order valence-electron chi connectivity index (χ1n) is 9.28. The van der Waals surface area contributed by atoms with E-state index in [1.165, 1.54) is 6.92 Å². The van der Waals surface area contributed by atoms with Gasteiger partial charge < -0.3 is 10.6 Å². The molecular formula is C21H20ClN5O3S. The van der Waals surface area contributed by atoms with Crippen molar-refractivity contribution in [2.75, 3.05) is 16.4 Å². The van der Waals surface area contributed by atoms with E-state index in [1.807, 2.05) is 19.9 Å². The smallest absolute Gasteiger partial charge is 0.278 e. The Bertz CT molecular complexity index is 1210. The number of hydrogen-bond donors (Lipinski definition) is 3. The Balaban J connectivity index is 1.74. The van der Waals surface area contributed by atoms with E-state index in [2.05, 4.69) is 25.8 Å². The van der Waals surface area contributed by atoms with Crippen LogP contribution in [0.5, 0.6) is 0 Å². The van der Waals surface area contributed by atoms with E-state index in [9.17, 15) is 14.4 Å². The zero-order valence-electron chi connectivity index (χ0n) is 17.1. The van der Waals surface area contributed by atoms with E-state index in [0.717, 1.165) is 22.9 Å². The summed E-state index contributed by atoms with van der Waals surface area (Å²) < 4.78 is 0. The van der Waals surface area contributed by atoms with E-state index in [4.69, 9.17) is 11.6 Å². The Morgan fingerprint density at radius 1 is 1.10 bits per heavy atom. The molecule has 1 aromatic heterocycles. The molecule has 160 valence electrons. The average molecular weight is 458 g/mol. The number of thioether (sulfide) groups is 1. The monoisotopic (exact) mass is 457 g/mol. The molecule has 1 heterocycles. The van der Waals surface area contributed by atoms with Gasteiger partial charge in [-0.15, -0.1) is 10.2 Å². The summed E-state index contributed by atoms with van der Waals surface area (Å²) in [4.78, 5) is 39.0. The molecule has 0 aliphatic carbocycles. The lowest BCUT2D eigenvalue weighted by molar-refractivity contribution is -0.114. The summed E-state index contributed by atoms with van der Waals surface area (Å²) in [6.07, 6.45) is 0. The van der Waals surface area contributed by atoms with Crippen LogP contribution in [0.2, 0.25) is 5.02 Å². The van der Waals surface area contributed by atoms with E-state index >= 15 is 0 Å². The van der Waals surface area contributed by atoms with Crippen molar-refractivity contribution in [3.8, 4) is 11.3 Å². The molecule has 0 unspecified atom stereocenters. The van der Waals surface area contributed by atoms with Crippen LogP contribution >= 0.6 is 23.4 Å². The molecule has 0 saturated carbocycles. The van der Waals surface area contributed by atoms with Gasteiger partial charge in [-0.2, -0.15) is 0 Å². The summed E-state index contributed by atoms with van der Waals surface area (Å²) in [7, 11) is 0. The number of aryl methyl sites for hydroxylation is 1. The topological polar surface area (TPSA) is 117 Å². The summed E-state index contributed by atoms with van der Waals surface area (Å²) >= 11 is 7.11. The number of halogens is 1. The zero-order chi connectivity index (χ0) is 22.5. The molecule has 0 fully saturated rings. The molecular weight excluding hydrogens is 438 g/mol. The molecule has 3 aromatic rings. The Morgan fingerprint density at radius 3 is 2.58 bits per heavy atom. The van der Waals surface area contributed by atoms with Crippen LogP contribution in [-0.4, -0.2) is 32.7 Å². The van der Waals surface area contributed by atoms with Crippen LogP contribution in [0.15, 0.2) is 46.3 Å². The van der Waals surface area contributed by atoms with Gasteiger partial charge in [0.25, 0.3) is 5.56 Å². The minimum absolute atomic E-state index is 0.0253. The van der Waals surface area contributed by atoms with Crippen molar-refractivity contribution >= 4 is 46.6 Å². The fraction of sp³-hybridized carbons (Fsp3) is 0.190. The fourth-order valence-electron chi connectivity index (χ4n) is 2.78. The number of hydrogen-bond acceptors (Lipinski definition) is 6. The minimum atomic E-state index is -0.471. The second kappa shape index (κ2) is 9.76. The van der Waals surface area contributed by atoms with Crippen molar-refractivity contribution in [2.24, 2.45) is 0 Å². The summed E-state index contributed by atoms with van der Waals surface area (Å²) in [5.41, 5.74) is 2.84. The van der Waals surface area contributed by atoms with Crippen molar-refractivity contribution in [3.63, 3.8) is 0 Å². The van der Waals surface area contributed by atoms with Crippen molar-refractivity contribution in [1.29, 1.82) is 0 Å². The number of aromatic amines is 1. The molecule has 10 heteroatoms. The highest BCUT2D eigenvalue weighted by Crippen LogP contribution is 2.26. The van der Waals surface area contributed by atoms with Gasteiger partial charge in [0.1, 0.15) is 0 Å². The SMILES string of the molecule is CC(=O)Nc1ccc(C)cc1-c1nnc(SCC(=O)Nc2cccc(Cl)c2C)[nH]c1=O. The van der Waals surface area contributed by atoms with Crippen LogP contribution in [0, 0.1) is 13.8 Å². The zero-order valence-corrected chi connectivity index (χ0v) is 18.6. The van der Waals surface area contributed by atoms with Gasteiger partial charge in [-0.1, -0.05) is 41.1 Å². The molecule has 31 heavy (non-hydrogen) atoms. The summed E-state index contributed by atoms with van der Waals surface area (Å²) in [6, 6.07) is 10.5. The maximum absolute atomic E-state index is 12.6. The molecule has 0 saturated heterocycles. The fourth-order valence-corrected chi connectivity index (χ4v) is 3.56. The number of anilines is 2. The first kappa shape index (κ1) is 22.5. The number of H-pyrrole nitrogens is 1. The lowest BCUT2D eigenvalue weighted by atomic mass is 10.1. The van der Waals surface area contributed by atoms with E-state index in [1.54, 1.807) is 30.3 Å². The molecule has 3 N–H and O–H groups in total. The third-order valence-electron chi connectivity index (χ3n) is 4.30. The minimum Gasteiger partial charge on any atom is -0.326 e. The van der Waals surface area contributed by atoms with Crippen LogP contribution < -0.4 is 16.2 Å². The molecule has 3 rings (SSSR count). The summed E-state index contributed by atoms with van der Waals surface area (Å²) in [5.74, 6) is -0.506. The van der Waals surface area contributed by atoms with Gasteiger partial charge >= 0.3 is 0 Å². The molecule has 2 amide bonds. The maximum Gasteiger partial charge on any atom is 0.278 e. The Kier molecular flexibility index (Phi) is 7.09.